The molecule has 0 fully saturated rings. The van der Waals surface area contributed by atoms with Crippen molar-refractivity contribution in [2.24, 2.45) is 0 Å². The van der Waals surface area contributed by atoms with Crippen LogP contribution in [0.2, 0.25) is 0 Å². The Morgan fingerprint density at radius 1 is 1.04 bits per heavy atom. The first-order valence-corrected chi connectivity index (χ1v) is 9.72. The van der Waals surface area contributed by atoms with Gasteiger partial charge in [-0.05, 0) is 30.0 Å². The van der Waals surface area contributed by atoms with Crippen LogP contribution in [-0.2, 0) is 0 Å². The van der Waals surface area contributed by atoms with E-state index in [1.807, 2.05) is 60.7 Å². The minimum atomic E-state index is -0.166. The highest BCUT2D eigenvalue weighted by atomic mass is 32.2. The molecular weight excluding hydrogens is 358 g/mol. The predicted molar refractivity (Wildman–Crippen MR) is 111 cm³/mol. The quantitative estimate of drug-likeness (QED) is 0.436. The molecule has 0 saturated carbocycles. The lowest BCUT2D eigenvalue weighted by molar-refractivity contribution is 0.102. The van der Waals surface area contributed by atoms with Gasteiger partial charge in [0.15, 0.2) is 0 Å². The number of hydrogen-bond donors (Lipinski definition) is 1. The number of rotatable bonds is 5. The summed E-state index contributed by atoms with van der Waals surface area (Å²) < 4.78 is 11.5. The Labute approximate surface area is 161 Å². The Bertz CT molecular complexity index is 1130. The zero-order valence-corrected chi connectivity index (χ0v) is 15.9. The molecule has 4 nitrogen and oxygen atoms in total. The molecule has 0 unspecified atom stereocenters. The minimum Gasteiger partial charge on any atom is -0.495 e. The fraction of sp³-hybridized carbons (Fsp3) is 0.136. The van der Waals surface area contributed by atoms with Gasteiger partial charge in [-0.2, -0.15) is 0 Å². The lowest BCUT2D eigenvalue weighted by Crippen LogP contribution is -2.13. The molecule has 1 heterocycles. The fourth-order valence-corrected chi connectivity index (χ4v) is 3.95. The average molecular weight is 377 g/mol. The number of nitrogens with one attached hydrogen (secondary N) is 1. The second kappa shape index (κ2) is 7.37. The predicted octanol–water partition coefficient (Wildman–Crippen LogP) is 5.96. The minimum absolute atomic E-state index is 0.166. The summed E-state index contributed by atoms with van der Waals surface area (Å²) in [5, 5.41) is 4.96. The van der Waals surface area contributed by atoms with Gasteiger partial charge in [-0.1, -0.05) is 37.3 Å². The molecule has 1 N–H and O–H groups in total. The third-order valence-electron chi connectivity index (χ3n) is 4.38. The van der Waals surface area contributed by atoms with Crippen molar-refractivity contribution in [3.8, 4) is 5.75 Å². The van der Waals surface area contributed by atoms with E-state index in [2.05, 4.69) is 12.2 Å². The van der Waals surface area contributed by atoms with Gasteiger partial charge in [0.2, 0.25) is 0 Å². The van der Waals surface area contributed by atoms with E-state index < -0.39 is 0 Å². The summed E-state index contributed by atoms with van der Waals surface area (Å²) in [6.07, 6.45) is 0. The molecule has 5 heteroatoms. The van der Waals surface area contributed by atoms with Crippen LogP contribution in [0.15, 0.2) is 70.0 Å². The van der Waals surface area contributed by atoms with Crippen molar-refractivity contribution < 1.29 is 13.9 Å². The number of methoxy groups -OCH3 is 1. The number of para-hydroxylation sites is 1. The molecular formula is C22H19NO3S. The molecule has 1 amide bonds. The maximum absolute atomic E-state index is 12.9. The summed E-state index contributed by atoms with van der Waals surface area (Å²) >= 11 is 1.65. The highest BCUT2D eigenvalue weighted by molar-refractivity contribution is 7.99. The Morgan fingerprint density at radius 3 is 2.63 bits per heavy atom. The normalized spacial score (nSPS) is 11.0. The van der Waals surface area contributed by atoms with Crippen molar-refractivity contribution in [3.63, 3.8) is 0 Å². The smallest absolute Gasteiger partial charge is 0.256 e. The molecule has 0 aliphatic heterocycles. The van der Waals surface area contributed by atoms with E-state index in [0.29, 0.717) is 22.6 Å². The van der Waals surface area contributed by atoms with E-state index >= 15 is 0 Å². The number of fused-ring (bicyclic) bond motifs is 3. The summed E-state index contributed by atoms with van der Waals surface area (Å²) in [6.45, 7) is 2.07. The topological polar surface area (TPSA) is 51.5 Å². The van der Waals surface area contributed by atoms with E-state index in [1.165, 1.54) is 0 Å². The monoisotopic (exact) mass is 377 g/mol. The third-order valence-corrected chi connectivity index (χ3v) is 5.33. The Balaban J connectivity index is 1.75. The van der Waals surface area contributed by atoms with Crippen molar-refractivity contribution in [1.82, 2.24) is 0 Å². The maximum Gasteiger partial charge on any atom is 0.256 e. The number of furan rings is 1. The summed E-state index contributed by atoms with van der Waals surface area (Å²) in [6, 6.07) is 19.2. The molecule has 0 spiro atoms. The van der Waals surface area contributed by atoms with Crippen LogP contribution in [0.3, 0.4) is 0 Å². The number of anilines is 1. The van der Waals surface area contributed by atoms with E-state index in [4.69, 9.17) is 9.15 Å². The zero-order chi connectivity index (χ0) is 18.8. The maximum atomic E-state index is 12.9. The zero-order valence-electron chi connectivity index (χ0n) is 15.1. The van der Waals surface area contributed by atoms with Gasteiger partial charge in [0, 0.05) is 21.7 Å². The molecule has 27 heavy (non-hydrogen) atoms. The molecule has 4 aromatic rings. The van der Waals surface area contributed by atoms with Crippen LogP contribution in [0.1, 0.15) is 17.3 Å². The SMILES string of the molecule is CCSc1ccccc1C(=O)Nc1cc2oc3ccccc3c2cc1OC. The molecule has 0 aliphatic rings. The molecule has 0 atom stereocenters. The lowest BCUT2D eigenvalue weighted by Gasteiger charge is -2.12. The molecule has 0 radical (unpaired) electrons. The van der Waals surface area contributed by atoms with Gasteiger partial charge < -0.3 is 14.5 Å². The number of carbonyl (C=O) groups excluding carboxylic acids is 1. The molecule has 0 bridgehead atoms. The number of thioether (sulfide) groups is 1. The van der Waals surface area contributed by atoms with Gasteiger partial charge in [0.05, 0.1) is 18.4 Å². The van der Waals surface area contributed by atoms with Crippen molar-refractivity contribution >= 4 is 45.3 Å². The van der Waals surface area contributed by atoms with E-state index in [-0.39, 0.29) is 5.91 Å². The van der Waals surface area contributed by atoms with Crippen molar-refractivity contribution in [2.75, 3.05) is 18.2 Å². The summed E-state index contributed by atoms with van der Waals surface area (Å²) in [5.41, 5.74) is 2.76. The summed E-state index contributed by atoms with van der Waals surface area (Å²) in [5.74, 6) is 1.33. The Kier molecular flexibility index (Phi) is 4.77. The molecule has 3 aromatic carbocycles. The van der Waals surface area contributed by atoms with Crippen LogP contribution in [0.4, 0.5) is 5.69 Å². The van der Waals surface area contributed by atoms with Crippen LogP contribution in [0.25, 0.3) is 21.9 Å². The van der Waals surface area contributed by atoms with Crippen LogP contribution in [0.5, 0.6) is 5.75 Å². The first-order valence-electron chi connectivity index (χ1n) is 8.73. The van der Waals surface area contributed by atoms with Crippen molar-refractivity contribution in [1.29, 1.82) is 0 Å². The average Bonchev–Trinajstić information content (AvgIpc) is 3.05. The first-order chi connectivity index (χ1) is 13.2. The van der Waals surface area contributed by atoms with Crippen LogP contribution in [-0.4, -0.2) is 18.8 Å². The van der Waals surface area contributed by atoms with E-state index in [9.17, 15) is 4.79 Å². The van der Waals surface area contributed by atoms with Gasteiger partial charge >= 0.3 is 0 Å². The Morgan fingerprint density at radius 2 is 1.81 bits per heavy atom. The van der Waals surface area contributed by atoms with Crippen LogP contribution in [0, 0.1) is 0 Å². The van der Waals surface area contributed by atoms with Gasteiger partial charge in [-0.3, -0.25) is 4.79 Å². The standard InChI is InChI=1S/C22H19NO3S/c1-3-27-21-11-7-5-9-15(21)22(24)23-17-13-19-16(12-20(17)25-2)14-8-4-6-10-18(14)26-19/h4-13H,3H2,1-2H3,(H,23,24). The second-order valence-corrected chi connectivity index (χ2v) is 7.34. The number of hydrogen-bond acceptors (Lipinski definition) is 4. The summed E-state index contributed by atoms with van der Waals surface area (Å²) in [4.78, 5) is 13.8. The third kappa shape index (κ3) is 3.26. The van der Waals surface area contributed by atoms with E-state index in [0.717, 1.165) is 27.0 Å². The van der Waals surface area contributed by atoms with Gasteiger partial charge in [-0.25, -0.2) is 0 Å². The number of amides is 1. The van der Waals surface area contributed by atoms with Gasteiger partial charge in [-0.15, -0.1) is 11.8 Å². The molecule has 1 aromatic heterocycles. The highest BCUT2D eigenvalue weighted by Gasteiger charge is 2.16. The molecule has 4 rings (SSSR count). The van der Waals surface area contributed by atoms with Gasteiger partial charge in [0.25, 0.3) is 5.91 Å². The summed E-state index contributed by atoms with van der Waals surface area (Å²) in [7, 11) is 1.60. The van der Waals surface area contributed by atoms with E-state index in [1.54, 1.807) is 18.9 Å². The largest absolute Gasteiger partial charge is 0.495 e. The molecule has 0 aliphatic carbocycles. The Hall–Kier alpha value is -2.92. The molecule has 0 saturated heterocycles. The van der Waals surface area contributed by atoms with Crippen LogP contribution < -0.4 is 10.1 Å². The fourth-order valence-electron chi connectivity index (χ4n) is 3.14. The number of benzene rings is 3. The highest BCUT2D eigenvalue weighted by Crippen LogP contribution is 2.36. The molecule has 136 valence electrons. The second-order valence-electron chi connectivity index (χ2n) is 6.03. The van der Waals surface area contributed by atoms with Crippen molar-refractivity contribution in [3.05, 3.63) is 66.2 Å². The first kappa shape index (κ1) is 17.5. The number of carbonyl (C=O) groups is 1. The van der Waals surface area contributed by atoms with Crippen LogP contribution >= 0.6 is 11.8 Å². The lowest BCUT2D eigenvalue weighted by atomic mass is 10.1. The van der Waals surface area contributed by atoms with Crippen molar-refractivity contribution in [2.45, 2.75) is 11.8 Å². The number of ether oxygens (including phenoxy) is 1. The van der Waals surface area contributed by atoms with Gasteiger partial charge in [0.1, 0.15) is 16.9 Å².